The first-order valence-corrected chi connectivity index (χ1v) is 9.19. The van der Waals surface area contributed by atoms with Crippen molar-refractivity contribution in [3.8, 4) is 5.75 Å². The van der Waals surface area contributed by atoms with Gasteiger partial charge in [0, 0.05) is 12.0 Å². The van der Waals surface area contributed by atoms with Crippen LogP contribution in [0.5, 0.6) is 5.75 Å². The normalized spacial score (nSPS) is 12.0. The lowest BCUT2D eigenvalue weighted by Gasteiger charge is -2.09. The summed E-state index contributed by atoms with van der Waals surface area (Å²) in [6, 6.07) is 8.97. The van der Waals surface area contributed by atoms with Crippen molar-refractivity contribution in [1.29, 1.82) is 5.41 Å². The van der Waals surface area contributed by atoms with Crippen LogP contribution < -0.4 is 10.5 Å². The number of alkyl halides is 3. The van der Waals surface area contributed by atoms with Crippen LogP contribution in [0.4, 0.5) is 13.2 Å². The minimum atomic E-state index is -5.26. The van der Waals surface area contributed by atoms with Gasteiger partial charge < -0.3 is 14.9 Å². The molecular formula is C20H19F3N2O7. The zero-order valence-electron chi connectivity index (χ0n) is 16.7. The van der Waals surface area contributed by atoms with Gasteiger partial charge in [-0.2, -0.15) is 13.2 Å². The third kappa shape index (κ3) is 7.45. The van der Waals surface area contributed by atoms with Crippen LogP contribution in [0.1, 0.15) is 41.6 Å². The maximum atomic E-state index is 12.2. The molecule has 0 amide bonds. The summed E-state index contributed by atoms with van der Waals surface area (Å²) < 4.78 is 46.5. The molecule has 0 saturated heterocycles. The molecule has 1 atom stereocenters. The quantitative estimate of drug-likeness (QED) is 0.154. The van der Waals surface area contributed by atoms with Crippen molar-refractivity contribution in [3.63, 3.8) is 0 Å². The molecule has 1 aromatic carbocycles. The van der Waals surface area contributed by atoms with E-state index >= 15 is 0 Å². The number of furan rings is 1. The number of nitrogen functional groups attached to an aromatic ring is 1. The van der Waals surface area contributed by atoms with E-state index in [0.29, 0.717) is 17.7 Å². The predicted molar refractivity (Wildman–Crippen MR) is 101 cm³/mol. The second-order valence-corrected chi connectivity index (χ2v) is 6.77. The van der Waals surface area contributed by atoms with Crippen molar-refractivity contribution < 1.29 is 46.5 Å². The van der Waals surface area contributed by atoms with Crippen LogP contribution in [0.2, 0.25) is 0 Å². The number of esters is 1. The zero-order valence-corrected chi connectivity index (χ0v) is 16.7. The minimum absolute atomic E-state index is 0.0543. The van der Waals surface area contributed by atoms with Crippen LogP contribution in [0.25, 0.3) is 0 Å². The summed E-state index contributed by atoms with van der Waals surface area (Å²) in [4.78, 5) is 41.3. The molecule has 12 heteroatoms. The van der Waals surface area contributed by atoms with Crippen molar-refractivity contribution in [2.24, 2.45) is 11.7 Å². The van der Waals surface area contributed by atoms with Gasteiger partial charge in [-0.25, -0.2) is 24.2 Å². The summed E-state index contributed by atoms with van der Waals surface area (Å²) >= 11 is 0. The Morgan fingerprint density at radius 2 is 1.75 bits per heavy atom. The predicted octanol–water partition coefficient (Wildman–Crippen LogP) is 3.31. The van der Waals surface area contributed by atoms with E-state index in [-0.39, 0.29) is 36.1 Å². The number of halogens is 3. The molecule has 1 heterocycles. The molecule has 3 N–H and O–H groups in total. The van der Waals surface area contributed by atoms with Crippen molar-refractivity contribution in [3.05, 3.63) is 53.5 Å². The number of benzene rings is 1. The van der Waals surface area contributed by atoms with Crippen molar-refractivity contribution in [1.82, 2.24) is 0 Å². The maximum absolute atomic E-state index is 12.2. The Bertz CT molecular complexity index is 984. The molecule has 2 rings (SSSR count). The van der Waals surface area contributed by atoms with Crippen LogP contribution >= 0.6 is 0 Å². The van der Waals surface area contributed by atoms with Crippen molar-refractivity contribution >= 4 is 23.7 Å². The average molecular weight is 456 g/mol. The summed E-state index contributed by atoms with van der Waals surface area (Å²) in [5, 5.41) is 7.32. The van der Waals surface area contributed by atoms with Gasteiger partial charge in [-0.3, -0.25) is 5.41 Å². The number of amidine groups is 1. The van der Waals surface area contributed by atoms with Gasteiger partial charge in [0.05, 0.1) is 6.42 Å². The highest BCUT2D eigenvalue weighted by Gasteiger charge is 2.43. The molecule has 32 heavy (non-hydrogen) atoms. The minimum Gasteiger partial charge on any atom is -0.454 e. The molecule has 1 unspecified atom stereocenters. The average Bonchev–Trinajstić information content (AvgIpc) is 3.18. The largest absolute Gasteiger partial charge is 0.495 e. The van der Waals surface area contributed by atoms with Gasteiger partial charge in [0.1, 0.15) is 17.3 Å². The smallest absolute Gasteiger partial charge is 0.454 e. The van der Waals surface area contributed by atoms with Gasteiger partial charge in [-0.15, -0.1) is 0 Å². The fraction of sp³-hybridized carbons (Fsp3) is 0.300. The molecule has 0 bridgehead atoms. The van der Waals surface area contributed by atoms with Gasteiger partial charge in [0.15, 0.2) is 0 Å². The Morgan fingerprint density at radius 3 is 2.34 bits per heavy atom. The lowest BCUT2D eigenvalue weighted by Crippen LogP contribution is -2.26. The Kier molecular flexibility index (Phi) is 7.99. The Hall–Kier alpha value is -3.83. The zero-order chi connectivity index (χ0) is 23.9. The molecule has 0 saturated carbocycles. The lowest BCUT2D eigenvalue weighted by atomic mass is 10.0. The monoisotopic (exact) mass is 456 g/mol. The maximum Gasteiger partial charge on any atom is 0.495 e. The van der Waals surface area contributed by atoms with Crippen LogP contribution in [-0.4, -0.2) is 29.9 Å². The molecular weight excluding hydrogens is 437 g/mol. The second-order valence-electron chi connectivity index (χ2n) is 6.77. The van der Waals surface area contributed by atoms with E-state index in [1.807, 2.05) is 0 Å². The number of hydrogen-bond acceptors (Lipinski definition) is 8. The number of nitrogens with one attached hydrogen (secondary N) is 1. The fourth-order valence-electron chi connectivity index (χ4n) is 2.44. The highest BCUT2D eigenvalue weighted by atomic mass is 19.4. The van der Waals surface area contributed by atoms with E-state index in [0.717, 1.165) is 0 Å². The molecule has 172 valence electrons. The van der Waals surface area contributed by atoms with Crippen molar-refractivity contribution in [2.45, 2.75) is 32.4 Å². The van der Waals surface area contributed by atoms with E-state index < -0.39 is 24.1 Å². The van der Waals surface area contributed by atoms with Crippen LogP contribution in [-0.2, 0) is 25.8 Å². The molecule has 0 aliphatic carbocycles. The molecule has 1 aromatic heterocycles. The van der Waals surface area contributed by atoms with E-state index in [2.05, 4.69) is 9.78 Å². The number of nitrogens with two attached hydrogens (primary N) is 1. The van der Waals surface area contributed by atoms with Gasteiger partial charge in [0.25, 0.3) is 0 Å². The van der Waals surface area contributed by atoms with Gasteiger partial charge in [-0.05, 0) is 48.7 Å². The summed E-state index contributed by atoms with van der Waals surface area (Å²) in [7, 11) is 0. The molecule has 0 aliphatic heterocycles. The molecule has 0 spiro atoms. The summed E-state index contributed by atoms with van der Waals surface area (Å²) in [5.74, 6) is -4.18. The van der Waals surface area contributed by atoms with Gasteiger partial charge >= 0.3 is 24.1 Å². The topological polar surface area (TPSA) is 142 Å². The SMILES string of the molecule is CC(CCC(=O)OOC(=O)C(F)(F)F)Cc1ccc(C(=O)Oc2ccc(C(=N)N)cc2)o1. The van der Waals surface area contributed by atoms with Gasteiger partial charge in [-0.1, -0.05) is 6.92 Å². The molecule has 0 fully saturated rings. The summed E-state index contributed by atoms with van der Waals surface area (Å²) in [6.07, 6.45) is -5.04. The van der Waals surface area contributed by atoms with Crippen LogP contribution in [0.15, 0.2) is 40.8 Å². The van der Waals surface area contributed by atoms with Crippen LogP contribution in [0, 0.1) is 11.3 Å². The number of carbonyl (C=O) groups excluding carboxylic acids is 3. The second kappa shape index (κ2) is 10.5. The molecule has 2 aromatic rings. The first kappa shape index (κ1) is 24.4. The first-order chi connectivity index (χ1) is 15.0. The Balaban J connectivity index is 1.79. The molecule has 0 radical (unpaired) electrons. The highest BCUT2D eigenvalue weighted by molar-refractivity contribution is 5.95. The first-order valence-electron chi connectivity index (χ1n) is 9.19. The number of carbonyl (C=O) groups is 3. The summed E-state index contributed by atoms with van der Waals surface area (Å²) in [5.41, 5.74) is 5.83. The summed E-state index contributed by atoms with van der Waals surface area (Å²) in [6.45, 7) is 1.74. The Labute approximate surface area is 179 Å². The van der Waals surface area contributed by atoms with E-state index in [9.17, 15) is 27.6 Å². The highest BCUT2D eigenvalue weighted by Crippen LogP contribution is 2.20. The fourth-order valence-corrected chi connectivity index (χ4v) is 2.44. The lowest BCUT2D eigenvalue weighted by molar-refractivity contribution is -0.285. The van der Waals surface area contributed by atoms with E-state index in [1.165, 1.54) is 30.3 Å². The molecule has 0 aliphatic rings. The Morgan fingerprint density at radius 1 is 1.09 bits per heavy atom. The third-order valence-corrected chi connectivity index (χ3v) is 4.07. The number of rotatable bonds is 8. The number of hydrogen-bond donors (Lipinski definition) is 2. The third-order valence-electron chi connectivity index (χ3n) is 4.07. The standard InChI is InChI=1S/C20H19F3N2O7/c1-11(2-9-16(26)31-32-19(28)20(21,22)23)10-14-7-8-15(29-14)18(27)30-13-5-3-12(4-6-13)17(24)25/h3-8,11H,2,9-10H2,1H3,(H3,24,25). The van der Waals surface area contributed by atoms with Gasteiger partial charge in [0.2, 0.25) is 5.76 Å². The van der Waals surface area contributed by atoms with E-state index in [1.54, 1.807) is 13.0 Å². The van der Waals surface area contributed by atoms with E-state index in [4.69, 9.17) is 20.3 Å². The van der Waals surface area contributed by atoms with Crippen LogP contribution in [0.3, 0.4) is 0 Å². The number of ether oxygens (including phenoxy) is 1. The van der Waals surface area contributed by atoms with Crippen molar-refractivity contribution in [2.75, 3.05) is 0 Å². The molecule has 9 nitrogen and oxygen atoms in total.